The summed E-state index contributed by atoms with van der Waals surface area (Å²) in [5.41, 5.74) is 4.00. The molecule has 1 aromatic heterocycles. The van der Waals surface area contributed by atoms with Gasteiger partial charge in [-0.05, 0) is 33.1 Å². The SMILES string of the molecule is CCCCCCCCCCCCCCCCCCNC(=O)OCC(COC(=O)CCCCCCC[n+]1ccsc1)=C(C)C.[Br-]. The van der Waals surface area contributed by atoms with Gasteiger partial charge in [-0.1, -0.05) is 133 Å². The highest BCUT2D eigenvalue weighted by Crippen LogP contribution is 2.14. The lowest BCUT2D eigenvalue weighted by molar-refractivity contribution is -0.692. The number of unbranched alkanes of at least 4 members (excludes halogenated alkanes) is 19. The second-order valence-electron chi connectivity index (χ2n) is 12.4. The van der Waals surface area contributed by atoms with Crippen LogP contribution >= 0.6 is 11.3 Å². The van der Waals surface area contributed by atoms with Crippen molar-refractivity contribution in [3.8, 4) is 0 Å². The van der Waals surface area contributed by atoms with Crippen molar-refractivity contribution in [3.63, 3.8) is 0 Å². The van der Waals surface area contributed by atoms with E-state index < -0.39 is 6.09 Å². The molecule has 6 nitrogen and oxygen atoms in total. The van der Waals surface area contributed by atoms with Crippen LogP contribution in [-0.4, -0.2) is 31.8 Å². The van der Waals surface area contributed by atoms with Gasteiger partial charge in [-0.15, -0.1) is 0 Å². The van der Waals surface area contributed by atoms with Crippen molar-refractivity contribution in [2.24, 2.45) is 0 Å². The summed E-state index contributed by atoms with van der Waals surface area (Å²) < 4.78 is 13.1. The maximum absolute atomic E-state index is 12.2. The number of hydrogen-bond acceptors (Lipinski definition) is 5. The fourth-order valence-corrected chi connectivity index (χ4v) is 5.75. The first-order valence-corrected chi connectivity index (χ1v) is 18.6. The van der Waals surface area contributed by atoms with Crippen LogP contribution in [0, 0.1) is 0 Å². The Labute approximate surface area is 284 Å². The molecule has 0 saturated carbocycles. The van der Waals surface area contributed by atoms with Crippen LogP contribution in [0.4, 0.5) is 4.79 Å². The van der Waals surface area contributed by atoms with Crippen molar-refractivity contribution in [2.75, 3.05) is 19.8 Å². The highest BCUT2D eigenvalue weighted by Gasteiger charge is 2.10. The second kappa shape index (κ2) is 31.6. The predicted molar refractivity (Wildman–Crippen MR) is 180 cm³/mol. The number of allylic oxidation sites excluding steroid dienone is 1. The number of nitrogens with zero attached hydrogens (tertiary/aromatic N) is 1. The highest BCUT2D eigenvalue weighted by molar-refractivity contribution is 7.07. The van der Waals surface area contributed by atoms with Gasteiger partial charge in [0, 0.05) is 25.0 Å². The molecular formula is C36H65BrN2O4S. The monoisotopic (exact) mass is 700 g/mol. The smallest absolute Gasteiger partial charge is 0.407 e. The van der Waals surface area contributed by atoms with Crippen LogP contribution in [0.1, 0.15) is 162 Å². The maximum atomic E-state index is 12.2. The molecule has 0 saturated heterocycles. The van der Waals surface area contributed by atoms with E-state index in [9.17, 15) is 9.59 Å². The Morgan fingerprint density at radius 1 is 0.682 bits per heavy atom. The van der Waals surface area contributed by atoms with Crippen LogP contribution < -0.4 is 26.9 Å². The summed E-state index contributed by atoms with van der Waals surface area (Å²) in [6.07, 6.45) is 28.9. The van der Waals surface area contributed by atoms with E-state index in [-0.39, 0.29) is 36.2 Å². The lowest BCUT2D eigenvalue weighted by Crippen LogP contribution is -3.00. The van der Waals surface area contributed by atoms with Gasteiger partial charge in [0.1, 0.15) is 19.8 Å². The first-order valence-electron chi connectivity index (χ1n) is 17.7. The first-order chi connectivity index (χ1) is 21.0. The van der Waals surface area contributed by atoms with Crippen LogP contribution in [0.2, 0.25) is 0 Å². The molecule has 0 radical (unpaired) electrons. The summed E-state index contributed by atoms with van der Waals surface area (Å²) in [7, 11) is 0. The molecule has 0 fully saturated rings. The van der Waals surface area contributed by atoms with E-state index in [4.69, 9.17) is 9.47 Å². The molecule has 256 valence electrons. The summed E-state index contributed by atoms with van der Waals surface area (Å²) in [5, 5.41) is 4.95. The Kier molecular flexibility index (Phi) is 30.6. The number of aryl methyl sites for hydroxylation is 1. The Morgan fingerprint density at radius 3 is 1.70 bits per heavy atom. The average Bonchev–Trinajstić information content (AvgIpc) is 3.51. The van der Waals surface area contributed by atoms with Crippen molar-refractivity contribution < 1.29 is 40.6 Å². The van der Waals surface area contributed by atoms with E-state index in [1.807, 2.05) is 13.8 Å². The van der Waals surface area contributed by atoms with Gasteiger partial charge in [-0.25, -0.2) is 4.79 Å². The molecule has 44 heavy (non-hydrogen) atoms. The number of aromatic nitrogens is 1. The van der Waals surface area contributed by atoms with E-state index in [1.165, 1.54) is 103 Å². The summed E-state index contributed by atoms with van der Waals surface area (Å²) in [6.45, 7) is 8.24. The number of halogens is 1. The number of thiazole rings is 1. The largest absolute Gasteiger partial charge is 1.00 e. The number of carbonyl (C=O) groups is 2. The normalized spacial score (nSPS) is 10.7. The fraction of sp³-hybridized carbons (Fsp3) is 0.806. The quantitative estimate of drug-likeness (QED) is 0.0414. The zero-order valence-electron chi connectivity index (χ0n) is 28.5. The van der Waals surface area contributed by atoms with Gasteiger partial charge in [-0.2, -0.15) is 4.57 Å². The van der Waals surface area contributed by atoms with Gasteiger partial charge >= 0.3 is 12.1 Å². The molecule has 0 bridgehead atoms. The number of carbonyl (C=O) groups excluding carboxylic acids is 2. The number of ether oxygens (including phenoxy) is 2. The Morgan fingerprint density at radius 2 is 1.18 bits per heavy atom. The summed E-state index contributed by atoms with van der Waals surface area (Å²) in [5.74, 6) is -0.180. The Bertz CT molecular complexity index is 828. The Balaban J connectivity index is 0.0000185. The average molecular weight is 702 g/mol. The zero-order chi connectivity index (χ0) is 31.2. The third-order valence-corrected chi connectivity index (χ3v) is 8.79. The van der Waals surface area contributed by atoms with Gasteiger partial charge in [0.2, 0.25) is 5.51 Å². The molecule has 1 heterocycles. The van der Waals surface area contributed by atoms with Crippen molar-refractivity contribution in [3.05, 3.63) is 28.2 Å². The zero-order valence-corrected chi connectivity index (χ0v) is 30.9. The van der Waals surface area contributed by atoms with Crippen molar-refractivity contribution in [1.29, 1.82) is 0 Å². The minimum Gasteiger partial charge on any atom is -1.00 e. The topological polar surface area (TPSA) is 68.5 Å². The van der Waals surface area contributed by atoms with Crippen LogP contribution in [0.5, 0.6) is 0 Å². The van der Waals surface area contributed by atoms with Crippen LogP contribution in [0.25, 0.3) is 0 Å². The minimum atomic E-state index is -0.400. The number of esters is 1. The lowest BCUT2D eigenvalue weighted by Gasteiger charge is -2.12. The van der Waals surface area contributed by atoms with Crippen molar-refractivity contribution in [1.82, 2.24) is 5.32 Å². The van der Waals surface area contributed by atoms with E-state index >= 15 is 0 Å². The van der Waals surface area contributed by atoms with E-state index in [1.54, 1.807) is 11.3 Å². The second-order valence-corrected chi connectivity index (χ2v) is 13.1. The molecule has 0 atom stereocenters. The molecule has 0 unspecified atom stereocenters. The standard InChI is InChI=1S/C36H64N2O4S.BrH/c1-4-5-6-7-8-9-10-11-12-13-14-15-16-17-20-23-26-37-36(40)42-31-34(33(2)3)30-41-35(39)25-22-19-18-21-24-27-38-28-29-43-32-38;/h28-29,32H,4-27,30-31H2,1-3H3;1H. The van der Waals surface area contributed by atoms with Gasteiger partial charge in [-0.3, -0.25) is 4.79 Å². The summed E-state index contributed by atoms with van der Waals surface area (Å²) in [6, 6.07) is 0. The van der Waals surface area contributed by atoms with Crippen molar-refractivity contribution >= 4 is 23.4 Å². The van der Waals surface area contributed by atoms with Crippen LogP contribution in [-0.2, 0) is 20.8 Å². The molecular weight excluding hydrogens is 636 g/mol. The van der Waals surface area contributed by atoms with E-state index in [0.29, 0.717) is 13.0 Å². The molecule has 1 aromatic rings. The molecule has 0 aliphatic carbocycles. The maximum Gasteiger partial charge on any atom is 0.407 e. The number of nitrogens with one attached hydrogen (secondary N) is 1. The molecule has 1 N–H and O–H groups in total. The summed E-state index contributed by atoms with van der Waals surface area (Å²) in [4.78, 5) is 24.3. The van der Waals surface area contributed by atoms with E-state index in [2.05, 4.69) is 33.9 Å². The minimum absolute atomic E-state index is 0. The van der Waals surface area contributed by atoms with Gasteiger partial charge in [0.05, 0.1) is 5.38 Å². The number of hydrogen-bond donors (Lipinski definition) is 1. The lowest BCUT2D eigenvalue weighted by atomic mass is 10.0. The third kappa shape index (κ3) is 26.9. The molecule has 0 spiro atoms. The van der Waals surface area contributed by atoms with E-state index in [0.717, 1.165) is 49.8 Å². The molecule has 1 amide bonds. The fourth-order valence-electron chi connectivity index (χ4n) is 5.12. The first kappa shape index (κ1) is 42.6. The van der Waals surface area contributed by atoms with Crippen molar-refractivity contribution in [2.45, 2.75) is 169 Å². The number of alkyl carbamates (subject to hydrolysis) is 1. The van der Waals surface area contributed by atoms with Gasteiger partial charge in [0.25, 0.3) is 0 Å². The molecule has 0 aliphatic heterocycles. The van der Waals surface area contributed by atoms with Crippen LogP contribution in [0.15, 0.2) is 28.2 Å². The van der Waals surface area contributed by atoms with Gasteiger partial charge < -0.3 is 31.8 Å². The van der Waals surface area contributed by atoms with Crippen LogP contribution in [0.3, 0.4) is 0 Å². The molecule has 8 heteroatoms. The highest BCUT2D eigenvalue weighted by atomic mass is 79.9. The molecule has 1 rings (SSSR count). The molecule has 0 aliphatic rings. The number of rotatable bonds is 29. The third-order valence-electron chi connectivity index (χ3n) is 8.12. The Hall–Kier alpha value is -1.41. The predicted octanol–water partition coefficient (Wildman–Crippen LogP) is 7.25. The van der Waals surface area contributed by atoms with Gasteiger partial charge in [0.15, 0.2) is 6.20 Å². The molecule has 0 aromatic carbocycles. The number of amides is 1. The summed E-state index contributed by atoms with van der Waals surface area (Å²) >= 11 is 1.72.